The summed E-state index contributed by atoms with van der Waals surface area (Å²) in [6, 6.07) is 8.85. The number of methoxy groups -OCH3 is 1. The Balaban J connectivity index is 1.32. The molecule has 1 aliphatic rings. The van der Waals surface area contributed by atoms with Crippen molar-refractivity contribution in [2.24, 2.45) is 0 Å². The van der Waals surface area contributed by atoms with E-state index in [9.17, 15) is 9.59 Å². The molecule has 0 atom stereocenters. The smallest absolute Gasteiger partial charge is 0.342 e. The molecule has 13 heteroatoms. The first kappa shape index (κ1) is 29.3. The lowest BCUT2D eigenvalue weighted by Gasteiger charge is -2.31. The number of nitrogens with one attached hydrogen (secondary N) is 2. The number of likely N-dealkylation sites (tertiary alicyclic amines) is 1. The average molecular weight is 590 g/mol. The number of rotatable bonds is 9. The molecule has 5 rings (SSSR count). The van der Waals surface area contributed by atoms with Gasteiger partial charge in [0.1, 0.15) is 29.8 Å². The van der Waals surface area contributed by atoms with Crippen LogP contribution in [0.5, 0.6) is 23.1 Å². The number of fused-ring (bicyclic) bond motifs is 1. The zero-order chi connectivity index (χ0) is 30.5. The van der Waals surface area contributed by atoms with Crippen LogP contribution in [0.1, 0.15) is 26.7 Å². The second-order valence-electron chi connectivity index (χ2n) is 10.2. The number of nitrogens with zero attached hydrogens (tertiary/aromatic N) is 5. The summed E-state index contributed by atoms with van der Waals surface area (Å²) in [6.45, 7) is 8.36. The monoisotopic (exact) mass is 589 g/mol. The Morgan fingerprint density at radius 1 is 1.12 bits per heavy atom. The quantitative estimate of drug-likeness (QED) is 0.258. The Morgan fingerprint density at radius 3 is 2.60 bits per heavy atom. The summed E-state index contributed by atoms with van der Waals surface area (Å²) < 4.78 is 33.8. The van der Waals surface area contributed by atoms with E-state index >= 15 is 4.39 Å². The van der Waals surface area contributed by atoms with Gasteiger partial charge in [-0.25, -0.2) is 19.2 Å². The van der Waals surface area contributed by atoms with Crippen molar-refractivity contribution in [2.45, 2.75) is 38.8 Å². The van der Waals surface area contributed by atoms with Gasteiger partial charge in [-0.2, -0.15) is 4.68 Å². The van der Waals surface area contributed by atoms with Crippen LogP contribution in [0.25, 0.3) is 10.9 Å². The minimum atomic E-state index is -0.591. The van der Waals surface area contributed by atoms with Gasteiger partial charge in [0.2, 0.25) is 11.8 Å². The van der Waals surface area contributed by atoms with Gasteiger partial charge in [-0.05, 0) is 38.1 Å². The van der Waals surface area contributed by atoms with E-state index in [4.69, 9.17) is 14.2 Å². The van der Waals surface area contributed by atoms with E-state index in [1.165, 1.54) is 36.8 Å². The topological polar surface area (TPSA) is 133 Å². The summed E-state index contributed by atoms with van der Waals surface area (Å²) in [7, 11) is 1.55. The third-order valence-electron chi connectivity index (χ3n) is 6.74. The van der Waals surface area contributed by atoms with Crippen LogP contribution in [0.15, 0.2) is 61.6 Å². The van der Waals surface area contributed by atoms with Gasteiger partial charge in [0.15, 0.2) is 11.5 Å². The Kier molecular flexibility index (Phi) is 8.69. The van der Waals surface area contributed by atoms with E-state index in [0.29, 0.717) is 54.2 Å². The van der Waals surface area contributed by atoms with Crippen LogP contribution >= 0.6 is 0 Å². The van der Waals surface area contributed by atoms with Gasteiger partial charge in [-0.15, -0.1) is 5.10 Å². The first-order valence-electron chi connectivity index (χ1n) is 13.8. The molecule has 0 aliphatic carbocycles. The van der Waals surface area contributed by atoms with Crippen molar-refractivity contribution in [3.63, 3.8) is 0 Å². The van der Waals surface area contributed by atoms with Crippen LogP contribution in [-0.4, -0.2) is 68.9 Å². The van der Waals surface area contributed by atoms with Crippen molar-refractivity contribution in [3.05, 3.63) is 67.4 Å². The van der Waals surface area contributed by atoms with Crippen LogP contribution in [-0.2, 0) is 4.79 Å². The van der Waals surface area contributed by atoms with Crippen molar-refractivity contribution in [2.75, 3.05) is 25.5 Å². The molecule has 1 saturated heterocycles. The maximum Gasteiger partial charge on any atom is 0.342 e. The predicted octanol–water partition coefficient (Wildman–Crippen LogP) is 5.03. The first-order chi connectivity index (χ1) is 20.7. The van der Waals surface area contributed by atoms with E-state index < -0.39 is 11.8 Å². The number of hydrogen-bond acceptors (Lipinski definition) is 9. The van der Waals surface area contributed by atoms with E-state index in [1.807, 2.05) is 13.8 Å². The molecule has 1 fully saturated rings. The third-order valence-corrected chi connectivity index (χ3v) is 6.74. The fourth-order valence-corrected chi connectivity index (χ4v) is 4.61. The average Bonchev–Trinajstić information content (AvgIpc) is 3.47. The molecule has 0 radical (unpaired) electrons. The van der Waals surface area contributed by atoms with Crippen LogP contribution in [0.4, 0.5) is 20.7 Å². The number of halogens is 1. The van der Waals surface area contributed by atoms with Gasteiger partial charge in [0, 0.05) is 61.8 Å². The number of carbonyl (C=O) groups excluding carboxylic acids is 2. The summed E-state index contributed by atoms with van der Waals surface area (Å²) in [5.41, 5.74) is 0.734. The van der Waals surface area contributed by atoms with Crippen LogP contribution in [0.3, 0.4) is 0 Å². The van der Waals surface area contributed by atoms with Gasteiger partial charge < -0.3 is 29.7 Å². The molecular formula is C30H32FN7O5. The lowest BCUT2D eigenvalue weighted by Crippen LogP contribution is -2.41. The van der Waals surface area contributed by atoms with Crippen LogP contribution < -0.4 is 24.8 Å². The number of hydrogen-bond donors (Lipinski definition) is 2. The van der Waals surface area contributed by atoms with Gasteiger partial charge in [-0.3, -0.25) is 4.79 Å². The molecule has 12 nitrogen and oxygen atoms in total. The first-order valence-corrected chi connectivity index (χ1v) is 13.8. The van der Waals surface area contributed by atoms with E-state index in [1.54, 1.807) is 30.2 Å². The van der Waals surface area contributed by atoms with Crippen LogP contribution in [0, 0.1) is 5.82 Å². The Hall–Kier alpha value is -5.20. The van der Waals surface area contributed by atoms with E-state index in [2.05, 4.69) is 32.3 Å². The minimum absolute atomic E-state index is 0.0535. The Labute approximate surface area is 247 Å². The molecule has 4 aromatic rings. The number of aromatic nitrogens is 4. The maximum atomic E-state index is 15.2. The van der Waals surface area contributed by atoms with Gasteiger partial charge in [0.05, 0.1) is 18.3 Å². The zero-order valence-electron chi connectivity index (χ0n) is 24.0. The summed E-state index contributed by atoms with van der Waals surface area (Å²) in [5.74, 6) is 1.01. The highest BCUT2D eigenvalue weighted by Gasteiger charge is 2.24. The Bertz CT molecular complexity index is 1650. The molecule has 2 aromatic carbocycles. The van der Waals surface area contributed by atoms with Crippen molar-refractivity contribution in [3.8, 4) is 23.1 Å². The van der Waals surface area contributed by atoms with Crippen molar-refractivity contribution in [1.82, 2.24) is 30.0 Å². The molecule has 43 heavy (non-hydrogen) atoms. The lowest BCUT2D eigenvalue weighted by molar-refractivity contribution is -0.127. The number of anilines is 2. The Morgan fingerprint density at radius 2 is 1.91 bits per heavy atom. The lowest BCUT2D eigenvalue weighted by atomic mass is 10.1. The third kappa shape index (κ3) is 6.83. The van der Waals surface area contributed by atoms with Crippen molar-refractivity contribution < 1.29 is 28.2 Å². The maximum absolute atomic E-state index is 15.2. The molecule has 2 N–H and O–H groups in total. The molecule has 3 heterocycles. The fraction of sp³-hybridized carbons (Fsp3) is 0.300. The second-order valence-corrected chi connectivity index (χ2v) is 10.2. The minimum Gasteiger partial charge on any atom is -0.493 e. The van der Waals surface area contributed by atoms with Gasteiger partial charge >= 0.3 is 6.03 Å². The molecule has 0 bridgehead atoms. The predicted molar refractivity (Wildman–Crippen MR) is 158 cm³/mol. The highest BCUT2D eigenvalue weighted by molar-refractivity contribution is 5.93. The van der Waals surface area contributed by atoms with E-state index in [0.717, 1.165) is 4.68 Å². The fourth-order valence-electron chi connectivity index (χ4n) is 4.61. The SMILES string of the molecule is C=CC(=O)N1CCC(Oc2cc3c(Nc4ccc(Oc5ccn(C(=O)NC(C)C)n5)cc4F)ncnc3cc2OC)CC1. The standard InChI is InChI=1S/C30H32FN7O5/c1-5-28(39)37-11-8-19(9-12-37)42-26-15-21-24(16-25(26)41-4)32-17-33-29(21)35-23-7-6-20(14-22(23)31)43-27-10-13-38(36-27)30(40)34-18(2)3/h5-7,10,13-19H,1,8-9,11-12H2,2-4H3,(H,34,40)(H,32,33,35). The number of amides is 2. The highest BCUT2D eigenvalue weighted by Crippen LogP contribution is 2.37. The summed E-state index contributed by atoms with van der Waals surface area (Å²) in [6.07, 6.45) is 5.33. The number of piperidine rings is 1. The molecule has 1 aliphatic heterocycles. The molecule has 0 unspecified atom stereocenters. The van der Waals surface area contributed by atoms with Crippen LogP contribution in [0.2, 0.25) is 0 Å². The van der Waals surface area contributed by atoms with Gasteiger partial charge in [0.25, 0.3) is 0 Å². The van der Waals surface area contributed by atoms with Crippen molar-refractivity contribution in [1.29, 1.82) is 0 Å². The largest absolute Gasteiger partial charge is 0.493 e. The molecule has 0 saturated carbocycles. The van der Waals surface area contributed by atoms with Gasteiger partial charge in [-0.1, -0.05) is 6.58 Å². The number of carbonyl (C=O) groups is 2. The molecule has 2 aromatic heterocycles. The number of ether oxygens (including phenoxy) is 3. The summed E-state index contributed by atoms with van der Waals surface area (Å²) in [4.78, 5) is 34.4. The molecule has 2 amide bonds. The highest BCUT2D eigenvalue weighted by atomic mass is 19.1. The number of benzene rings is 2. The molecular weight excluding hydrogens is 557 g/mol. The summed E-state index contributed by atoms with van der Waals surface area (Å²) in [5, 5.41) is 10.4. The normalized spacial score (nSPS) is 13.6. The molecule has 0 spiro atoms. The second kappa shape index (κ2) is 12.8. The molecule has 224 valence electrons. The van der Waals surface area contributed by atoms with E-state index in [-0.39, 0.29) is 35.4 Å². The summed E-state index contributed by atoms with van der Waals surface area (Å²) >= 11 is 0. The zero-order valence-corrected chi connectivity index (χ0v) is 24.0. The van der Waals surface area contributed by atoms with Crippen molar-refractivity contribution >= 4 is 34.3 Å².